The summed E-state index contributed by atoms with van der Waals surface area (Å²) in [6, 6.07) is 10.9. The number of aliphatic carboxylic acids is 3. The number of carboxylic acids is 3. The van der Waals surface area contributed by atoms with Gasteiger partial charge in [0.15, 0.2) is 0 Å². The van der Waals surface area contributed by atoms with Crippen LogP contribution in [0.25, 0.3) is 0 Å². The molecule has 7 heteroatoms. The van der Waals surface area contributed by atoms with Gasteiger partial charge >= 0.3 is 0 Å². The first-order valence-corrected chi connectivity index (χ1v) is 5.05. The van der Waals surface area contributed by atoms with E-state index in [1.165, 1.54) is 5.56 Å². The van der Waals surface area contributed by atoms with Crippen LogP contribution in [0.1, 0.15) is 26.3 Å². The van der Waals surface area contributed by atoms with Gasteiger partial charge in [0.25, 0.3) is 0 Å². The minimum absolute atomic E-state index is 0. The van der Waals surface area contributed by atoms with Gasteiger partial charge in [-0.1, -0.05) is 24.3 Å². The van der Waals surface area contributed by atoms with E-state index in [0.717, 1.165) is 20.8 Å². The van der Waals surface area contributed by atoms with Crippen molar-refractivity contribution in [2.24, 2.45) is 0 Å². The Morgan fingerprint density at radius 2 is 1.20 bits per heavy atom. The molecule has 111 valence electrons. The number of hydrogen-bond acceptors (Lipinski definition) is 6. The predicted octanol–water partition coefficient (Wildman–Crippen LogP) is -2.32. The normalized spacial score (nSPS) is 6.80. The van der Waals surface area contributed by atoms with Gasteiger partial charge in [0, 0.05) is 45.2 Å². The maximum Gasteiger partial charge on any atom is 0.0383 e. The standard InChI is InChI=1S/C7H7.3C2H4O2.Pb/c1-7-5-3-2-4-6-7;3*1-2(3)4;/h2-5H,1H3;3*1H3,(H,3,4);/p-3. The molecule has 0 fully saturated rings. The number of carboxylic acid groups (broad SMARTS) is 3. The summed E-state index contributed by atoms with van der Waals surface area (Å²) in [5.41, 5.74) is 1.20. The molecular formula is C13H16O6Pb-3. The molecule has 1 aromatic rings. The number of rotatable bonds is 0. The summed E-state index contributed by atoms with van der Waals surface area (Å²) in [6.07, 6.45) is 0. The van der Waals surface area contributed by atoms with E-state index in [1.807, 2.05) is 31.2 Å². The van der Waals surface area contributed by atoms with Crippen LogP contribution in [0.2, 0.25) is 0 Å². The third-order valence-electron chi connectivity index (χ3n) is 0.865. The second kappa shape index (κ2) is 19.9. The summed E-state index contributed by atoms with van der Waals surface area (Å²) in [6.45, 7) is 4.94. The molecule has 5 radical (unpaired) electrons. The third-order valence-corrected chi connectivity index (χ3v) is 0.865. The Morgan fingerprint density at radius 3 is 1.30 bits per heavy atom. The van der Waals surface area contributed by atoms with Gasteiger partial charge < -0.3 is 29.7 Å². The smallest absolute Gasteiger partial charge is 0.0383 e. The molecule has 1 rings (SSSR count). The summed E-state index contributed by atoms with van der Waals surface area (Å²) in [4.78, 5) is 26.7. The molecule has 1 aromatic carbocycles. The SMILES string of the molecule is CC(=O)[O-].CC(=O)[O-].CC(=O)[O-].Cc1[c]cccc1.[Pb]. The predicted molar refractivity (Wildman–Crippen MR) is 67.8 cm³/mol. The molecule has 0 saturated carbocycles. The van der Waals surface area contributed by atoms with Gasteiger partial charge in [0.1, 0.15) is 0 Å². The van der Waals surface area contributed by atoms with Crippen molar-refractivity contribution in [1.82, 2.24) is 0 Å². The zero-order valence-corrected chi connectivity index (χ0v) is 15.6. The Bertz CT molecular complexity index is 324. The molecule has 0 atom stereocenters. The van der Waals surface area contributed by atoms with Gasteiger partial charge in [0.05, 0.1) is 0 Å². The van der Waals surface area contributed by atoms with Crippen LogP contribution in [0, 0.1) is 13.0 Å². The first-order valence-electron chi connectivity index (χ1n) is 5.05. The monoisotopic (exact) mass is 476 g/mol. The van der Waals surface area contributed by atoms with Crippen molar-refractivity contribution in [3.63, 3.8) is 0 Å². The second-order valence-electron chi connectivity index (χ2n) is 3.02. The number of carbonyl (C=O) groups excluding carboxylic acids is 3. The Hall–Kier alpha value is -1.45. The van der Waals surface area contributed by atoms with Gasteiger partial charge in [-0.2, -0.15) is 0 Å². The molecule has 0 unspecified atom stereocenters. The number of benzene rings is 1. The van der Waals surface area contributed by atoms with Crippen molar-refractivity contribution in [3.8, 4) is 0 Å². The van der Waals surface area contributed by atoms with Crippen molar-refractivity contribution < 1.29 is 29.7 Å². The van der Waals surface area contributed by atoms with Crippen molar-refractivity contribution in [2.45, 2.75) is 27.7 Å². The molecule has 0 bridgehead atoms. The molecule has 0 aliphatic carbocycles. The summed E-state index contributed by atoms with van der Waals surface area (Å²) < 4.78 is 0. The van der Waals surface area contributed by atoms with Crippen LogP contribution in [0.4, 0.5) is 0 Å². The van der Waals surface area contributed by atoms with Gasteiger partial charge in [0.2, 0.25) is 0 Å². The van der Waals surface area contributed by atoms with Crippen molar-refractivity contribution in [3.05, 3.63) is 35.9 Å². The zero-order chi connectivity index (χ0) is 15.8. The maximum absolute atomic E-state index is 8.89. The first kappa shape index (κ1) is 27.0. The Labute approximate surface area is 138 Å². The summed E-state index contributed by atoms with van der Waals surface area (Å²) in [5.74, 6) is -3.25. The molecule has 0 amide bonds. The van der Waals surface area contributed by atoms with E-state index in [1.54, 1.807) is 0 Å². The molecule has 0 N–H and O–H groups in total. The van der Waals surface area contributed by atoms with Crippen LogP contribution in [0.5, 0.6) is 0 Å². The first-order chi connectivity index (χ1) is 8.59. The van der Waals surface area contributed by atoms with Crippen molar-refractivity contribution in [1.29, 1.82) is 0 Å². The number of hydrogen-bond donors (Lipinski definition) is 0. The van der Waals surface area contributed by atoms with Gasteiger partial charge in [-0.15, -0.1) is 0 Å². The van der Waals surface area contributed by atoms with E-state index >= 15 is 0 Å². The minimum Gasteiger partial charge on any atom is -0.550 e. The number of carbonyl (C=O) groups is 3. The molecule has 20 heavy (non-hydrogen) atoms. The van der Waals surface area contributed by atoms with E-state index < -0.39 is 17.9 Å². The molecule has 0 heterocycles. The molecule has 0 saturated heterocycles. The fourth-order valence-corrected chi connectivity index (χ4v) is 0.483. The minimum atomic E-state index is -1.08. The largest absolute Gasteiger partial charge is 0.550 e. The average molecular weight is 475 g/mol. The van der Waals surface area contributed by atoms with Crippen LogP contribution in [0.3, 0.4) is 0 Å². The topological polar surface area (TPSA) is 120 Å². The van der Waals surface area contributed by atoms with Crippen LogP contribution in [-0.4, -0.2) is 45.2 Å². The van der Waals surface area contributed by atoms with E-state index in [9.17, 15) is 0 Å². The summed E-state index contributed by atoms with van der Waals surface area (Å²) in [7, 11) is 0. The molecule has 0 spiro atoms. The van der Waals surface area contributed by atoms with E-state index in [4.69, 9.17) is 29.7 Å². The van der Waals surface area contributed by atoms with Gasteiger partial charge in [-0.25, -0.2) is 0 Å². The van der Waals surface area contributed by atoms with E-state index in [2.05, 4.69) is 6.07 Å². The summed E-state index contributed by atoms with van der Waals surface area (Å²) >= 11 is 0. The zero-order valence-electron chi connectivity index (χ0n) is 11.8. The molecule has 0 aromatic heterocycles. The molecular weight excluding hydrogens is 459 g/mol. The van der Waals surface area contributed by atoms with E-state index in [-0.39, 0.29) is 27.3 Å². The fourth-order valence-electron chi connectivity index (χ4n) is 0.483. The number of aryl methyl sites for hydroxylation is 1. The third kappa shape index (κ3) is 93.3. The van der Waals surface area contributed by atoms with Crippen LogP contribution in [-0.2, 0) is 14.4 Å². The molecule has 0 aliphatic rings. The average Bonchev–Trinajstić information content (AvgIpc) is 2.15. The Kier molecular flexibility index (Phi) is 26.8. The van der Waals surface area contributed by atoms with Gasteiger partial charge in [-0.05, 0) is 39.3 Å². The molecule has 6 nitrogen and oxygen atoms in total. The maximum atomic E-state index is 8.89. The molecule has 0 aliphatic heterocycles. The van der Waals surface area contributed by atoms with Crippen LogP contribution < -0.4 is 15.3 Å². The van der Waals surface area contributed by atoms with Crippen LogP contribution >= 0.6 is 0 Å². The second-order valence-corrected chi connectivity index (χ2v) is 3.02. The fraction of sp³-hybridized carbons (Fsp3) is 0.308. The van der Waals surface area contributed by atoms with E-state index in [0.29, 0.717) is 0 Å². The Morgan fingerprint density at radius 1 is 0.900 bits per heavy atom. The van der Waals surface area contributed by atoms with Crippen molar-refractivity contribution in [2.75, 3.05) is 0 Å². The van der Waals surface area contributed by atoms with Gasteiger partial charge in [-0.3, -0.25) is 0 Å². The van der Waals surface area contributed by atoms with Crippen LogP contribution in [0.15, 0.2) is 24.3 Å². The summed E-state index contributed by atoms with van der Waals surface area (Å²) in [5, 5.41) is 26.7. The quantitative estimate of drug-likeness (QED) is 0.389. The van der Waals surface area contributed by atoms with Crippen molar-refractivity contribution >= 4 is 45.2 Å². The Balaban J connectivity index is -0.0000000881.